The van der Waals surface area contributed by atoms with E-state index in [1.54, 1.807) is 24.3 Å². The number of carbonyl (C=O) groups is 3. The number of benzene rings is 2. The molecule has 162 valence electrons. The van der Waals surface area contributed by atoms with E-state index in [4.69, 9.17) is 14.2 Å². The number of alkyl carbamates (subject to hydrolysis) is 1. The van der Waals surface area contributed by atoms with E-state index in [1.807, 2.05) is 24.3 Å². The van der Waals surface area contributed by atoms with Crippen molar-refractivity contribution < 1.29 is 28.6 Å². The first kappa shape index (κ1) is 22.2. The number of likely N-dealkylation sites (N-methyl/N-ethyl adjacent to an activating group) is 1. The molecule has 8 nitrogen and oxygen atoms in total. The fourth-order valence-corrected chi connectivity index (χ4v) is 3.50. The van der Waals surface area contributed by atoms with Gasteiger partial charge in [-0.1, -0.05) is 18.2 Å². The lowest BCUT2D eigenvalue weighted by Gasteiger charge is -2.12. The monoisotopic (exact) mass is 442 g/mol. The van der Waals surface area contributed by atoms with E-state index in [1.165, 1.54) is 14.2 Å². The van der Waals surface area contributed by atoms with Gasteiger partial charge in [-0.25, -0.2) is 4.79 Å². The van der Waals surface area contributed by atoms with Crippen molar-refractivity contribution >= 4 is 35.5 Å². The second kappa shape index (κ2) is 10.5. The molecule has 2 amide bonds. The van der Waals surface area contributed by atoms with Crippen molar-refractivity contribution in [1.82, 2.24) is 10.6 Å². The van der Waals surface area contributed by atoms with Crippen LogP contribution in [0.4, 0.5) is 4.79 Å². The predicted octanol–water partition coefficient (Wildman–Crippen LogP) is 3.15. The van der Waals surface area contributed by atoms with Crippen molar-refractivity contribution in [2.75, 3.05) is 20.8 Å². The Morgan fingerprint density at radius 1 is 1.26 bits per heavy atom. The van der Waals surface area contributed by atoms with Crippen LogP contribution < -0.4 is 20.1 Å². The summed E-state index contributed by atoms with van der Waals surface area (Å²) in [6, 6.07) is 12.7. The summed E-state index contributed by atoms with van der Waals surface area (Å²) in [5, 5.41) is 5.25. The Balaban J connectivity index is 1.72. The van der Waals surface area contributed by atoms with Crippen molar-refractivity contribution in [2.24, 2.45) is 0 Å². The lowest BCUT2D eigenvalue weighted by atomic mass is 10.1. The number of hydrogen-bond acceptors (Lipinski definition) is 7. The molecule has 31 heavy (non-hydrogen) atoms. The number of ether oxygens (including phenoxy) is 3. The molecular weight excluding hydrogens is 420 g/mol. The van der Waals surface area contributed by atoms with E-state index >= 15 is 0 Å². The highest BCUT2D eigenvalue weighted by Crippen LogP contribution is 2.33. The molecule has 1 unspecified atom stereocenters. The minimum atomic E-state index is -0.387. The second-order valence-electron chi connectivity index (χ2n) is 6.60. The van der Waals surface area contributed by atoms with Crippen LogP contribution in [0.15, 0.2) is 47.4 Å². The molecule has 0 aromatic heterocycles. The van der Waals surface area contributed by atoms with Crippen LogP contribution in [0.5, 0.6) is 17.2 Å². The zero-order chi connectivity index (χ0) is 22.2. The van der Waals surface area contributed by atoms with Gasteiger partial charge in [0.1, 0.15) is 12.4 Å². The Labute approximate surface area is 183 Å². The summed E-state index contributed by atoms with van der Waals surface area (Å²) in [5.74, 6) is 1.27. The number of rotatable bonds is 9. The maximum Gasteiger partial charge on any atom is 0.407 e. The van der Waals surface area contributed by atoms with E-state index in [0.717, 1.165) is 17.3 Å². The molecule has 1 aliphatic rings. The molecule has 2 N–H and O–H groups in total. The average Bonchev–Trinajstić information content (AvgIpc) is 3.19. The van der Waals surface area contributed by atoms with Crippen LogP contribution in [0.3, 0.4) is 0 Å². The van der Waals surface area contributed by atoms with E-state index in [-0.39, 0.29) is 22.9 Å². The number of thioether (sulfide) groups is 1. The first-order chi connectivity index (χ1) is 15.0. The highest BCUT2D eigenvalue weighted by molar-refractivity contribution is 8.16. The molecule has 3 rings (SSSR count). The second-order valence-corrected chi connectivity index (χ2v) is 7.47. The van der Waals surface area contributed by atoms with Crippen LogP contribution >= 0.6 is 11.8 Å². The van der Waals surface area contributed by atoms with E-state index in [0.29, 0.717) is 41.5 Å². The molecule has 1 heterocycles. The molecule has 2 aromatic carbocycles. The fraction of sp³-hybridized carbons (Fsp3) is 0.227. The number of hydrogen-bond donors (Lipinski definition) is 2. The Hall–Kier alpha value is -3.46. The maximum atomic E-state index is 11.9. The molecule has 0 saturated carbocycles. The van der Waals surface area contributed by atoms with E-state index in [2.05, 4.69) is 10.6 Å². The SMILES string of the molecule is CNC(=O)/C(=C\c1ccc(Oc2ccc(CC3COC(=O)N3)cc2)c(OC)c1)SC=O. The summed E-state index contributed by atoms with van der Waals surface area (Å²) in [5.41, 5.74) is 2.34. The van der Waals surface area contributed by atoms with Crippen LogP contribution in [0.1, 0.15) is 11.1 Å². The molecule has 0 spiro atoms. The zero-order valence-corrected chi connectivity index (χ0v) is 17.9. The topological polar surface area (TPSA) is 103 Å². The molecule has 0 bridgehead atoms. The summed E-state index contributed by atoms with van der Waals surface area (Å²) in [6.07, 6.45) is 1.88. The minimum absolute atomic E-state index is 0.0305. The Kier molecular flexibility index (Phi) is 7.55. The Bertz CT molecular complexity index is 990. The molecule has 1 aliphatic heterocycles. The van der Waals surface area contributed by atoms with Crippen molar-refractivity contribution in [2.45, 2.75) is 12.5 Å². The quantitative estimate of drug-likeness (QED) is 0.454. The number of cyclic esters (lactones) is 1. The van der Waals surface area contributed by atoms with Gasteiger partial charge < -0.3 is 24.8 Å². The maximum absolute atomic E-state index is 11.9. The van der Waals surface area contributed by atoms with Gasteiger partial charge >= 0.3 is 6.09 Å². The van der Waals surface area contributed by atoms with Crippen molar-refractivity contribution in [3.63, 3.8) is 0 Å². The number of nitrogens with one attached hydrogen (secondary N) is 2. The molecular formula is C22H22N2O6S. The molecule has 1 saturated heterocycles. The van der Waals surface area contributed by atoms with Crippen LogP contribution in [0, 0.1) is 0 Å². The number of amides is 2. The third kappa shape index (κ3) is 6.02. The smallest absolute Gasteiger partial charge is 0.407 e. The number of carbonyl (C=O) groups excluding carboxylic acids is 3. The highest BCUT2D eigenvalue weighted by atomic mass is 32.2. The van der Waals surface area contributed by atoms with E-state index in [9.17, 15) is 14.4 Å². The van der Waals surface area contributed by atoms with Gasteiger partial charge in [0, 0.05) is 7.05 Å². The van der Waals surface area contributed by atoms with Gasteiger partial charge in [-0.3, -0.25) is 9.59 Å². The van der Waals surface area contributed by atoms with Crippen molar-refractivity contribution in [3.8, 4) is 17.2 Å². The van der Waals surface area contributed by atoms with Crippen molar-refractivity contribution in [3.05, 3.63) is 58.5 Å². The summed E-state index contributed by atoms with van der Waals surface area (Å²) < 4.78 is 16.3. The van der Waals surface area contributed by atoms with E-state index < -0.39 is 0 Å². The normalized spacial score (nSPS) is 15.6. The minimum Gasteiger partial charge on any atom is -0.493 e. The molecule has 1 atom stereocenters. The molecule has 1 fully saturated rings. The van der Waals surface area contributed by atoms with Crippen LogP contribution in [0.25, 0.3) is 6.08 Å². The van der Waals surface area contributed by atoms with Gasteiger partial charge in [-0.15, -0.1) is 0 Å². The average molecular weight is 442 g/mol. The zero-order valence-electron chi connectivity index (χ0n) is 17.0. The van der Waals surface area contributed by atoms with Gasteiger partial charge in [-0.2, -0.15) is 0 Å². The summed E-state index contributed by atoms with van der Waals surface area (Å²) in [6.45, 7) is 0.363. The summed E-state index contributed by atoms with van der Waals surface area (Å²) >= 11 is 0.802. The largest absolute Gasteiger partial charge is 0.493 e. The van der Waals surface area contributed by atoms with Crippen LogP contribution in [0.2, 0.25) is 0 Å². The first-order valence-corrected chi connectivity index (χ1v) is 10.3. The Morgan fingerprint density at radius 3 is 2.65 bits per heavy atom. The third-order valence-corrected chi connectivity index (χ3v) is 5.14. The standard InChI is InChI=1S/C22H22N2O6S/c1-23-21(26)20(31-13-25)11-15-5-8-18(19(10-15)28-2)30-17-6-3-14(4-7-17)9-16-12-29-22(27)24-16/h3-8,10-11,13,16H,9,12H2,1-2H3,(H,23,26)(H,24,27)/b20-11+. The molecule has 9 heteroatoms. The molecule has 0 aliphatic carbocycles. The van der Waals surface area contributed by atoms with Crippen LogP contribution in [-0.2, 0) is 20.7 Å². The van der Waals surface area contributed by atoms with Gasteiger partial charge in [0.25, 0.3) is 5.91 Å². The lowest BCUT2D eigenvalue weighted by Crippen LogP contribution is -2.28. The third-order valence-electron chi connectivity index (χ3n) is 4.48. The van der Waals surface area contributed by atoms with Gasteiger partial charge in [0.15, 0.2) is 17.1 Å². The lowest BCUT2D eigenvalue weighted by molar-refractivity contribution is -0.116. The number of methoxy groups -OCH3 is 1. The van der Waals surface area contributed by atoms with Crippen LogP contribution in [-0.4, -0.2) is 44.4 Å². The van der Waals surface area contributed by atoms with Crippen molar-refractivity contribution in [1.29, 1.82) is 0 Å². The highest BCUT2D eigenvalue weighted by Gasteiger charge is 2.22. The first-order valence-electron chi connectivity index (χ1n) is 9.44. The Morgan fingerprint density at radius 2 is 2.03 bits per heavy atom. The predicted molar refractivity (Wildman–Crippen MR) is 118 cm³/mol. The van der Waals surface area contributed by atoms with Gasteiger partial charge in [-0.05, 0) is 59.7 Å². The molecule has 2 aromatic rings. The summed E-state index contributed by atoms with van der Waals surface area (Å²) in [7, 11) is 3.03. The van der Waals surface area contributed by atoms with Gasteiger partial charge in [0.2, 0.25) is 0 Å². The fourth-order valence-electron chi connectivity index (χ4n) is 2.98. The summed E-state index contributed by atoms with van der Waals surface area (Å²) in [4.78, 5) is 34.1. The molecule has 0 radical (unpaired) electrons. The van der Waals surface area contributed by atoms with Gasteiger partial charge in [0.05, 0.1) is 18.1 Å².